The summed E-state index contributed by atoms with van der Waals surface area (Å²) in [6.07, 6.45) is -0.0420. The minimum Gasteiger partial charge on any atom is -0.381 e. The van der Waals surface area contributed by atoms with Gasteiger partial charge >= 0.3 is 0 Å². The van der Waals surface area contributed by atoms with Crippen LogP contribution in [0.2, 0.25) is 0 Å². The number of aliphatic hydroxyl groups is 1. The molecule has 9 nitrogen and oxygen atoms in total. The Hall–Kier alpha value is -3.56. The van der Waals surface area contributed by atoms with Crippen LogP contribution in [0.15, 0.2) is 53.3 Å². The highest BCUT2D eigenvalue weighted by Crippen LogP contribution is 2.50. The van der Waals surface area contributed by atoms with Crippen LogP contribution in [0, 0.1) is 5.92 Å². The number of para-hydroxylation sites is 2. The Bertz CT molecular complexity index is 1470. The zero-order chi connectivity index (χ0) is 25.4. The van der Waals surface area contributed by atoms with E-state index in [-0.39, 0.29) is 29.7 Å². The molecule has 0 bridgehead atoms. The predicted molar refractivity (Wildman–Crippen MR) is 134 cm³/mol. The molecule has 6 atom stereocenters. The molecule has 186 valence electrons. The third-order valence-corrected chi connectivity index (χ3v) is 8.09. The number of nitrogens with zero attached hydrogens (tertiary/aromatic N) is 3. The summed E-state index contributed by atoms with van der Waals surface area (Å²) in [5.74, 6) is 0.0613. The minimum atomic E-state index is -1.60. The Morgan fingerprint density at radius 3 is 2.61 bits per heavy atom. The molecule has 0 unspecified atom stereocenters. The number of aromatic nitrogens is 2. The molecule has 2 aromatic carbocycles. The average molecular weight is 488 g/mol. The Labute approximate surface area is 208 Å². The van der Waals surface area contributed by atoms with Gasteiger partial charge in [-0.1, -0.05) is 50.6 Å². The lowest BCUT2D eigenvalue weighted by Gasteiger charge is -2.37. The Morgan fingerprint density at radius 2 is 1.83 bits per heavy atom. The SMILES string of the molecule is CC[C@@H](C)[C@@H]1N[C@H]2N(C1=O)c1ccccc1[C@@]2(O)C[C@@H]1C(=O)N[C@@H](C)c2nc3ccccc3c(=O)n21. The van der Waals surface area contributed by atoms with Crippen molar-refractivity contribution in [3.8, 4) is 0 Å². The van der Waals surface area contributed by atoms with Crippen molar-refractivity contribution in [1.82, 2.24) is 20.2 Å². The van der Waals surface area contributed by atoms with E-state index in [1.807, 2.05) is 32.0 Å². The third-order valence-electron chi connectivity index (χ3n) is 8.09. The first-order valence-electron chi connectivity index (χ1n) is 12.5. The van der Waals surface area contributed by atoms with Gasteiger partial charge in [0.1, 0.15) is 23.6 Å². The fourth-order valence-corrected chi connectivity index (χ4v) is 6.00. The summed E-state index contributed by atoms with van der Waals surface area (Å²) in [5.41, 5.74) is -0.164. The second-order valence-electron chi connectivity index (χ2n) is 10.2. The van der Waals surface area contributed by atoms with Gasteiger partial charge in [-0.2, -0.15) is 0 Å². The van der Waals surface area contributed by atoms with Crippen LogP contribution in [0.3, 0.4) is 0 Å². The summed E-state index contributed by atoms with van der Waals surface area (Å²) < 4.78 is 1.43. The van der Waals surface area contributed by atoms with Gasteiger partial charge < -0.3 is 10.4 Å². The largest absolute Gasteiger partial charge is 0.381 e. The molecule has 3 aliphatic rings. The molecule has 36 heavy (non-hydrogen) atoms. The van der Waals surface area contributed by atoms with Crippen molar-refractivity contribution in [2.24, 2.45) is 5.92 Å². The van der Waals surface area contributed by atoms with Gasteiger partial charge in [-0.25, -0.2) is 4.98 Å². The number of hydrogen-bond acceptors (Lipinski definition) is 6. The van der Waals surface area contributed by atoms with E-state index < -0.39 is 29.9 Å². The molecule has 1 fully saturated rings. The van der Waals surface area contributed by atoms with Gasteiger partial charge in [0.15, 0.2) is 0 Å². The van der Waals surface area contributed by atoms with E-state index in [1.165, 1.54) is 4.57 Å². The molecule has 3 aromatic rings. The molecule has 0 radical (unpaired) electrons. The molecule has 0 spiro atoms. The van der Waals surface area contributed by atoms with E-state index in [0.29, 0.717) is 28.0 Å². The van der Waals surface area contributed by atoms with Gasteiger partial charge in [-0.05, 0) is 31.0 Å². The summed E-state index contributed by atoms with van der Waals surface area (Å²) in [6, 6.07) is 12.4. The van der Waals surface area contributed by atoms with E-state index in [0.717, 1.165) is 6.42 Å². The molecule has 3 N–H and O–H groups in total. The van der Waals surface area contributed by atoms with Crippen LogP contribution in [0.4, 0.5) is 5.69 Å². The van der Waals surface area contributed by atoms with E-state index in [2.05, 4.69) is 10.6 Å². The lowest BCUT2D eigenvalue weighted by Crippen LogP contribution is -2.54. The minimum absolute atomic E-state index is 0.0669. The molecule has 1 saturated heterocycles. The maximum absolute atomic E-state index is 13.6. The number of fused-ring (bicyclic) bond motifs is 5. The fourth-order valence-electron chi connectivity index (χ4n) is 6.00. The molecule has 0 saturated carbocycles. The monoisotopic (exact) mass is 487 g/mol. The lowest BCUT2D eigenvalue weighted by molar-refractivity contribution is -0.129. The van der Waals surface area contributed by atoms with Crippen LogP contribution in [0.5, 0.6) is 0 Å². The molecule has 2 amide bonds. The topological polar surface area (TPSA) is 117 Å². The van der Waals surface area contributed by atoms with Crippen molar-refractivity contribution in [3.63, 3.8) is 0 Å². The summed E-state index contributed by atoms with van der Waals surface area (Å²) >= 11 is 0. The van der Waals surface area contributed by atoms with Crippen molar-refractivity contribution in [2.75, 3.05) is 4.90 Å². The maximum Gasteiger partial charge on any atom is 0.262 e. The quantitative estimate of drug-likeness (QED) is 0.519. The molecule has 0 aliphatic carbocycles. The smallest absolute Gasteiger partial charge is 0.262 e. The summed E-state index contributed by atoms with van der Waals surface area (Å²) in [5, 5.41) is 19.0. The van der Waals surface area contributed by atoms with Crippen molar-refractivity contribution in [2.45, 2.75) is 63.5 Å². The number of benzene rings is 2. The van der Waals surface area contributed by atoms with Crippen molar-refractivity contribution in [1.29, 1.82) is 0 Å². The maximum atomic E-state index is 13.6. The van der Waals surface area contributed by atoms with E-state index in [1.54, 1.807) is 42.2 Å². The zero-order valence-electron chi connectivity index (χ0n) is 20.4. The second-order valence-corrected chi connectivity index (χ2v) is 10.2. The molecular weight excluding hydrogens is 458 g/mol. The van der Waals surface area contributed by atoms with Crippen molar-refractivity contribution >= 4 is 28.4 Å². The summed E-state index contributed by atoms with van der Waals surface area (Å²) in [6.45, 7) is 5.82. The van der Waals surface area contributed by atoms with Gasteiger partial charge in [-0.3, -0.25) is 29.2 Å². The molecular formula is C27H29N5O4. The first-order valence-corrected chi connectivity index (χ1v) is 12.5. The summed E-state index contributed by atoms with van der Waals surface area (Å²) in [7, 11) is 0. The number of amides is 2. The summed E-state index contributed by atoms with van der Waals surface area (Å²) in [4.78, 5) is 46.8. The standard InChI is InChI=1S/C27H29N5O4/c1-4-14(2)21-25(35)32-19-12-8-6-10-17(19)27(36,26(32)30-21)13-20-23(33)28-15(3)22-29-18-11-7-5-9-16(18)24(34)31(20)22/h5-12,14-15,20-21,26,30,36H,4,13H2,1-3H3,(H,28,33)/t14-,15+,20-,21+,26+,27+/m1/s1. The van der Waals surface area contributed by atoms with Crippen LogP contribution in [-0.4, -0.2) is 38.7 Å². The Balaban J connectivity index is 1.49. The van der Waals surface area contributed by atoms with Crippen LogP contribution in [0.25, 0.3) is 10.9 Å². The number of carbonyl (C=O) groups is 2. The van der Waals surface area contributed by atoms with Gasteiger partial charge in [0, 0.05) is 12.0 Å². The second kappa shape index (κ2) is 7.97. The molecule has 9 heteroatoms. The first kappa shape index (κ1) is 22.9. The molecule has 1 aromatic heterocycles. The van der Waals surface area contributed by atoms with Crippen molar-refractivity contribution in [3.05, 3.63) is 70.3 Å². The van der Waals surface area contributed by atoms with E-state index in [4.69, 9.17) is 4.98 Å². The lowest BCUT2D eigenvalue weighted by atomic mass is 9.85. The Kier molecular flexibility index (Phi) is 5.07. The van der Waals surface area contributed by atoms with Gasteiger partial charge in [-0.15, -0.1) is 0 Å². The van der Waals surface area contributed by atoms with Gasteiger partial charge in [0.05, 0.1) is 28.7 Å². The van der Waals surface area contributed by atoms with E-state index >= 15 is 0 Å². The number of rotatable bonds is 4. The molecule has 3 aliphatic heterocycles. The van der Waals surface area contributed by atoms with Crippen molar-refractivity contribution < 1.29 is 14.7 Å². The predicted octanol–water partition coefficient (Wildman–Crippen LogP) is 2.10. The number of anilines is 1. The van der Waals surface area contributed by atoms with Gasteiger partial charge in [0.2, 0.25) is 11.8 Å². The molecule has 6 rings (SSSR count). The third kappa shape index (κ3) is 3.02. The number of hydrogen-bond donors (Lipinski definition) is 3. The first-order chi connectivity index (χ1) is 17.3. The number of carbonyl (C=O) groups excluding carboxylic acids is 2. The van der Waals surface area contributed by atoms with Crippen LogP contribution >= 0.6 is 0 Å². The average Bonchev–Trinajstić information content (AvgIpc) is 3.35. The normalized spacial score (nSPS) is 29.6. The van der Waals surface area contributed by atoms with E-state index in [9.17, 15) is 19.5 Å². The molecule has 4 heterocycles. The highest BCUT2D eigenvalue weighted by Gasteiger charge is 2.59. The highest BCUT2D eigenvalue weighted by molar-refractivity contribution is 6.03. The van der Waals surface area contributed by atoms with Crippen LogP contribution < -0.4 is 21.1 Å². The Morgan fingerprint density at radius 1 is 1.11 bits per heavy atom. The highest BCUT2D eigenvalue weighted by atomic mass is 16.3. The van der Waals surface area contributed by atoms with Gasteiger partial charge in [0.25, 0.3) is 5.56 Å². The van der Waals surface area contributed by atoms with Crippen LogP contribution in [0.1, 0.15) is 57.1 Å². The fraction of sp³-hybridized carbons (Fsp3) is 0.407. The number of nitrogens with one attached hydrogen (secondary N) is 2. The van der Waals surface area contributed by atoms with Crippen LogP contribution in [-0.2, 0) is 15.2 Å². The zero-order valence-corrected chi connectivity index (χ0v) is 20.4.